The largest absolute Gasteiger partial charge is 0.392 e. The number of rotatable bonds is 4. The van der Waals surface area contributed by atoms with E-state index in [0.29, 0.717) is 6.54 Å². The van der Waals surface area contributed by atoms with Gasteiger partial charge in [-0.2, -0.15) is 0 Å². The number of aliphatic hydroxyl groups is 1. The van der Waals surface area contributed by atoms with Crippen LogP contribution in [0.4, 0.5) is 10.5 Å². The fourth-order valence-corrected chi connectivity index (χ4v) is 2.42. The topological polar surface area (TPSA) is 81.7 Å². The van der Waals surface area contributed by atoms with E-state index in [1.54, 1.807) is 11.8 Å². The van der Waals surface area contributed by atoms with Gasteiger partial charge in [0.05, 0.1) is 12.1 Å². The van der Waals surface area contributed by atoms with E-state index < -0.39 is 6.10 Å². The maximum Gasteiger partial charge on any atom is 0.315 e. The van der Waals surface area contributed by atoms with Crippen molar-refractivity contribution in [2.45, 2.75) is 39.3 Å². The Labute approximate surface area is 130 Å². The molecule has 1 aliphatic rings. The van der Waals surface area contributed by atoms with E-state index in [0.717, 1.165) is 11.3 Å². The summed E-state index contributed by atoms with van der Waals surface area (Å²) in [6.07, 6.45) is -0.308. The molecular weight excluding hydrogens is 282 g/mol. The summed E-state index contributed by atoms with van der Waals surface area (Å²) in [5, 5.41) is 14.5. The Hall–Kier alpha value is -2.08. The lowest BCUT2D eigenvalue weighted by atomic mass is 10.1. The van der Waals surface area contributed by atoms with Gasteiger partial charge in [0.1, 0.15) is 0 Å². The van der Waals surface area contributed by atoms with Gasteiger partial charge in [0.25, 0.3) is 0 Å². The number of amides is 3. The third kappa shape index (κ3) is 3.98. The number of anilines is 1. The lowest BCUT2D eigenvalue weighted by molar-refractivity contribution is -0.117. The number of aliphatic hydroxyl groups excluding tert-OH is 1. The Morgan fingerprint density at radius 1 is 1.41 bits per heavy atom. The quantitative estimate of drug-likeness (QED) is 0.779. The van der Waals surface area contributed by atoms with Crippen LogP contribution in [-0.2, 0) is 4.79 Å². The number of urea groups is 1. The molecule has 0 aliphatic carbocycles. The van der Waals surface area contributed by atoms with Crippen molar-refractivity contribution in [1.29, 1.82) is 0 Å². The molecular formula is C16H23N3O3. The third-order valence-electron chi connectivity index (χ3n) is 3.82. The first kappa shape index (κ1) is 16.3. The zero-order valence-corrected chi connectivity index (χ0v) is 13.2. The SMILES string of the molecule is Cc1ccc(N2C[C@@H](NC(=O)NC[C@H](C)O)CC2=O)cc1C. The molecule has 1 saturated heterocycles. The molecule has 0 bridgehead atoms. The summed E-state index contributed by atoms with van der Waals surface area (Å²) in [7, 11) is 0. The fourth-order valence-electron chi connectivity index (χ4n) is 2.42. The standard InChI is InChI=1S/C16H23N3O3/c1-10-4-5-14(6-11(10)2)19-9-13(7-15(19)21)18-16(22)17-8-12(3)20/h4-6,12-13,20H,7-9H2,1-3H3,(H2,17,18,22)/t12-,13-/m0/s1. The molecule has 0 spiro atoms. The van der Waals surface area contributed by atoms with Crippen LogP contribution in [0, 0.1) is 13.8 Å². The van der Waals surface area contributed by atoms with Crippen LogP contribution in [0.3, 0.4) is 0 Å². The van der Waals surface area contributed by atoms with Crippen LogP contribution in [0.1, 0.15) is 24.5 Å². The van der Waals surface area contributed by atoms with Gasteiger partial charge in [-0.15, -0.1) is 0 Å². The number of nitrogens with one attached hydrogen (secondary N) is 2. The molecule has 6 nitrogen and oxygen atoms in total. The molecule has 1 heterocycles. The first-order valence-electron chi connectivity index (χ1n) is 7.47. The molecule has 22 heavy (non-hydrogen) atoms. The average molecular weight is 305 g/mol. The maximum absolute atomic E-state index is 12.1. The number of carbonyl (C=O) groups excluding carboxylic acids is 2. The predicted octanol–water partition coefficient (Wildman–Crippen LogP) is 1.09. The van der Waals surface area contributed by atoms with Crippen LogP contribution in [0.15, 0.2) is 18.2 Å². The van der Waals surface area contributed by atoms with Crippen LogP contribution in [0.25, 0.3) is 0 Å². The number of nitrogens with zero attached hydrogens (tertiary/aromatic N) is 1. The van der Waals surface area contributed by atoms with Gasteiger partial charge in [-0.25, -0.2) is 4.79 Å². The summed E-state index contributed by atoms with van der Waals surface area (Å²) in [4.78, 5) is 25.5. The summed E-state index contributed by atoms with van der Waals surface area (Å²) < 4.78 is 0. The van der Waals surface area contributed by atoms with Gasteiger partial charge in [-0.05, 0) is 44.0 Å². The molecule has 1 aliphatic heterocycles. The van der Waals surface area contributed by atoms with E-state index in [1.165, 1.54) is 5.56 Å². The second-order valence-electron chi connectivity index (χ2n) is 5.88. The zero-order chi connectivity index (χ0) is 16.3. The molecule has 120 valence electrons. The second-order valence-corrected chi connectivity index (χ2v) is 5.88. The summed E-state index contributed by atoms with van der Waals surface area (Å²) in [5.41, 5.74) is 3.18. The highest BCUT2D eigenvalue weighted by Gasteiger charge is 2.31. The Morgan fingerprint density at radius 3 is 2.77 bits per heavy atom. The van der Waals surface area contributed by atoms with Crippen molar-refractivity contribution in [1.82, 2.24) is 10.6 Å². The molecule has 3 amide bonds. The number of hydrogen-bond donors (Lipinski definition) is 3. The van der Waals surface area contributed by atoms with Gasteiger partial charge in [0, 0.05) is 25.2 Å². The maximum atomic E-state index is 12.1. The minimum Gasteiger partial charge on any atom is -0.392 e. The molecule has 3 N–H and O–H groups in total. The van der Waals surface area contributed by atoms with Crippen LogP contribution in [0.2, 0.25) is 0 Å². The number of benzene rings is 1. The van der Waals surface area contributed by atoms with E-state index in [-0.39, 0.29) is 30.9 Å². The number of carbonyl (C=O) groups is 2. The van der Waals surface area contributed by atoms with Crippen molar-refractivity contribution in [3.8, 4) is 0 Å². The second kappa shape index (κ2) is 6.79. The Bertz CT molecular complexity index is 572. The Morgan fingerprint density at radius 2 is 2.14 bits per heavy atom. The number of hydrogen-bond acceptors (Lipinski definition) is 3. The van der Waals surface area contributed by atoms with Crippen molar-refractivity contribution in [3.05, 3.63) is 29.3 Å². The van der Waals surface area contributed by atoms with Gasteiger partial charge in [-0.3, -0.25) is 4.79 Å². The van der Waals surface area contributed by atoms with Gasteiger partial charge < -0.3 is 20.6 Å². The van der Waals surface area contributed by atoms with Crippen molar-refractivity contribution in [3.63, 3.8) is 0 Å². The summed E-state index contributed by atoms with van der Waals surface area (Å²) in [6, 6.07) is 5.33. The van der Waals surface area contributed by atoms with E-state index in [1.807, 2.05) is 32.0 Å². The third-order valence-corrected chi connectivity index (χ3v) is 3.82. The monoisotopic (exact) mass is 305 g/mol. The highest BCUT2D eigenvalue weighted by atomic mass is 16.3. The minimum atomic E-state index is -0.594. The Balaban J connectivity index is 1.95. The molecule has 1 aromatic rings. The van der Waals surface area contributed by atoms with Gasteiger partial charge >= 0.3 is 6.03 Å². The Kier molecular flexibility index (Phi) is 5.03. The molecule has 0 radical (unpaired) electrons. The van der Waals surface area contributed by atoms with E-state index >= 15 is 0 Å². The van der Waals surface area contributed by atoms with Crippen molar-refractivity contribution < 1.29 is 14.7 Å². The van der Waals surface area contributed by atoms with Crippen molar-refractivity contribution >= 4 is 17.6 Å². The molecule has 2 atom stereocenters. The average Bonchev–Trinajstić information content (AvgIpc) is 2.80. The van der Waals surface area contributed by atoms with Gasteiger partial charge in [0.15, 0.2) is 0 Å². The van der Waals surface area contributed by atoms with E-state index in [9.17, 15) is 9.59 Å². The first-order valence-corrected chi connectivity index (χ1v) is 7.47. The normalized spacial score (nSPS) is 19.2. The van der Waals surface area contributed by atoms with Crippen LogP contribution >= 0.6 is 0 Å². The smallest absolute Gasteiger partial charge is 0.315 e. The molecule has 0 saturated carbocycles. The predicted molar refractivity (Wildman–Crippen MR) is 84.9 cm³/mol. The molecule has 0 aromatic heterocycles. The highest BCUT2D eigenvalue weighted by molar-refractivity contribution is 5.96. The van der Waals surface area contributed by atoms with Gasteiger partial charge in [0.2, 0.25) is 5.91 Å². The van der Waals surface area contributed by atoms with Crippen molar-refractivity contribution in [2.24, 2.45) is 0 Å². The lowest BCUT2D eigenvalue weighted by Gasteiger charge is -2.18. The van der Waals surface area contributed by atoms with Crippen LogP contribution in [0.5, 0.6) is 0 Å². The lowest BCUT2D eigenvalue weighted by Crippen LogP contribution is -2.45. The summed E-state index contributed by atoms with van der Waals surface area (Å²) in [6.45, 7) is 6.29. The van der Waals surface area contributed by atoms with Crippen LogP contribution < -0.4 is 15.5 Å². The molecule has 6 heteroatoms. The summed E-state index contributed by atoms with van der Waals surface area (Å²) >= 11 is 0. The summed E-state index contributed by atoms with van der Waals surface area (Å²) in [5.74, 6) is 0.00378. The first-order chi connectivity index (χ1) is 10.4. The minimum absolute atomic E-state index is 0.00378. The molecule has 1 aromatic carbocycles. The highest BCUT2D eigenvalue weighted by Crippen LogP contribution is 2.23. The van der Waals surface area contributed by atoms with E-state index in [2.05, 4.69) is 10.6 Å². The molecule has 0 unspecified atom stereocenters. The van der Waals surface area contributed by atoms with E-state index in [4.69, 9.17) is 5.11 Å². The number of aryl methyl sites for hydroxylation is 2. The van der Waals surface area contributed by atoms with Crippen LogP contribution in [-0.4, -0.2) is 42.3 Å². The molecule has 1 fully saturated rings. The zero-order valence-electron chi connectivity index (χ0n) is 13.2. The fraction of sp³-hybridized carbons (Fsp3) is 0.500. The van der Waals surface area contributed by atoms with Gasteiger partial charge in [-0.1, -0.05) is 6.07 Å². The molecule has 2 rings (SSSR count). The van der Waals surface area contributed by atoms with Crippen molar-refractivity contribution in [2.75, 3.05) is 18.0 Å².